The minimum absolute atomic E-state index is 0.216. The highest BCUT2D eigenvalue weighted by atomic mass is 32.1. The number of carbonyl (C=O) groups is 1. The van der Waals surface area contributed by atoms with E-state index < -0.39 is 0 Å². The molecule has 3 aromatic rings. The lowest BCUT2D eigenvalue weighted by atomic mass is 10.2. The van der Waals surface area contributed by atoms with E-state index in [1.165, 1.54) is 15.6 Å². The fraction of sp³-hybridized carbons (Fsp3) is 0.474. The van der Waals surface area contributed by atoms with Gasteiger partial charge >= 0.3 is 6.09 Å². The molecule has 1 aliphatic heterocycles. The number of hydrogen-bond acceptors (Lipinski definition) is 5. The number of aromatic nitrogens is 2. The smallest absolute Gasteiger partial charge is 0.409 e. The van der Waals surface area contributed by atoms with E-state index in [2.05, 4.69) is 47.6 Å². The van der Waals surface area contributed by atoms with Gasteiger partial charge in [-0.25, -0.2) is 9.78 Å². The van der Waals surface area contributed by atoms with E-state index in [1.54, 1.807) is 16.2 Å². The molecule has 0 spiro atoms. The molecular weight excluding hydrogens is 348 g/mol. The van der Waals surface area contributed by atoms with Gasteiger partial charge in [0.15, 0.2) is 0 Å². The molecule has 2 aromatic heterocycles. The van der Waals surface area contributed by atoms with E-state index >= 15 is 0 Å². The van der Waals surface area contributed by atoms with Crippen LogP contribution < -0.4 is 4.90 Å². The highest BCUT2D eigenvalue weighted by Gasteiger charge is 2.27. The molecule has 7 heteroatoms. The van der Waals surface area contributed by atoms with Crippen LogP contribution in [-0.2, 0) is 4.74 Å². The zero-order chi connectivity index (χ0) is 18.3. The molecule has 6 nitrogen and oxygen atoms in total. The summed E-state index contributed by atoms with van der Waals surface area (Å²) in [5.41, 5.74) is 1.23. The van der Waals surface area contributed by atoms with Gasteiger partial charge in [0.2, 0.25) is 5.95 Å². The molecule has 1 aliphatic rings. The van der Waals surface area contributed by atoms with Gasteiger partial charge in [-0.15, -0.1) is 11.3 Å². The minimum Gasteiger partial charge on any atom is -0.450 e. The maximum Gasteiger partial charge on any atom is 0.409 e. The third kappa shape index (κ3) is 2.80. The fourth-order valence-electron chi connectivity index (χ4n) is 3.59. The van der Waals surface area contributed by atoms with Crippen molar-refractivity contribution < 1.29 is 9.53 Å². The Morgan fingerprint density at radius 3 is 2.65 bits per heavy atom. The van der Waals surface area contributed by atoms with Crippen LogP contribution in [0.2, 0.25) is 0 Å². The molecule has 0 atom stereocenters. The van der Waals surface area contributed by atoms with Crippen LogP contribution in [0.5, 0.6) is 0 Å². The number of piperazine rings is 1. The van der Waals surface area contributed by atoms with Crippen molar-refractivity contribution in [1.29, 1.82) is 0 Å². The van der Waals surface area contributed by atoms with Crippen LogP contribution in [-0.4, -0.2) is 53.3 Å². The SMILES string of the molecule is CCOC(=O)N1CCN(c2nc3sc4ccccc4c3n2C(C)C)CC1. The number of hydrogen-bond donors (Lipinski definition) is 0. The zero-order valence-corrected chi connectivity index (χ0v) is 16.3. The van der Waals surface area contributed by atoms with Crippen LogP contribution in [0.3, 0.4) is 0 Å². The molecule has 26 heavy (non-hydrogen) atoms. The van der Waals surface area contributed by atoms with Crippen molar-refractivity contribution in [3.05, 3.63) is 24.3 Å². The molecule has 1 fully saturated rings. The Kier molecular flexibility index (Phi) is 4.48. The molecule has 0 saturated carbocycles. The third-order valence-corrected chi connectivity index (χ3v) is 5.87. The largest absolute Gasteiger partial charge is 0.450 e. The average Bonchev–Trinajstić information content (AvgIpc) is 3.18. The van der Waals surface area contributed by atoms with Crippen LogP contribution >= 0.6 is 11.3 Å². The summed E-state index contributed by atoms with van der Waals surface area (Å²) in [5, 5.41) is 1.27. The first-order chi connectivity index (χ1) is 12.6. The van der Waals surface area contributed by atoms with Gasteiger partial charge < -0.3 is 19.1 Å². The Bertz CT molecular complexity index is 938. The predicted octanol–water partition coefficient (Wildman–Crippen LogP) is 4.11. The maximum atomic E-state index is 11.9. The molecule has 1 saturated heterocycles. The van der Waals surface area contributed by atoms with Crippen LogP contribution in [0.1, 0.15) is 26.8 Å². The number of benzene rings is 1. The van der Waals surface area contributed by atoms with Crippen molar-refractivity contribution in [2.75, 3.05) is 37.7 Å². The first kappa shape index (κ1) is 17.1. The number of amides is 1. The highest BCUT2D eigenvalue weighted by Crippen LogP contribution is 2.38. The normalized spacial score (nSPS) is 15.4. The van der Waals surface area contributed by atoms with Crippen molar-refractivity contribution in [2.24, 2.45) is 0 Å². The number of rotatable bonds is 3. The minimum atomic E-state index is -0.216. The Morgan fingerprint density at radius 2 is 1.96 bits per heavy atom. The van der Waals surface area contributed by atoms with Gasteiger partial charge in [-0.1, -0.05) is 18.2 Å². The van der Waals surface area contributed by atoms with Crippen molar-refractivity contribution in [1.82, 2.24) is 14.5 Å². The molecular formula is C19H24N4O2S. The topological polar surface area (TPSA) is 50.6 Å². The first-order valence-electron chi connectivity index (χ1n) is 9.16. The summed E-state index contributed by atoms with van der Waals surface area (Å²) < 4.78 is 8.73. The predicted molar refractivity (Wildman–Crippen MR) is 106 cm³/mol. The lowest BCUT2D eigenvalue weighted by molar-refractivity contribution is 0.105. The summed E-state index contributed by atoms with van der Waals surface area (Å²) in [6.07, 6.45) is -0.216. The van der Waals surface area contributed by atoms with Crippen molar-refractivity contribution in [3.8, 4) is 0 Å². The van der Waals surface area contributed by atoms with Crippen LogP contribution in [0.25, 0.3) is 20.4 Å². The third-order valence-electron chi connectivity index (χ3n) is 4.81. The van der Waals surface area contributed by atoms with Gasteiger partial charge in [-0.05, 0) is 26.8 Å². The lowest BCUT2D eigenvalue weighted by Crippen LogP contribution is -2.49. The van der Waals surface area contributed by atoms with E-state index in [0.717, 1.165) is 23.9 Å². The number of thiophene rings is 1. The zero-order valence-electron chi connectivity index (χ0n) is 15.4. The highest BCUT2D eigenvalue weighted by molar-refractivity contribution is 7.25. The molecule has 1 aromatic carbocycles. The second-order valence-corrected chi connectivity index (χ2v) is 7.83. The summed E-state index contributed by atoms with van der Waals surface area (Å²) in [5.74, 6) is 1.01. The quantitative estimate of drug-likeness (QED) is 0.694. The monoisotopic (exact) mass is 372 g/mol. The number of nitrogens with zero attached hydrogens (tertiary/aromatic N) is 4. The average molecular weight is 372 g/mol. The van der Waals surface area contributed by atoms with E-state index in [4.69, 9.17) is 9.72 Å². The second-order valence-electron chi connectivity index (χ2n) is 6.80. The maximum absolute atomic E-state index is 11.9. The van der Waals surface area contributed by atoms with Gasteiger partial charge in [-0.2, -0.15) is 0 Å². The fourth-order valence-corrected chi connectivity index (χ4v) is 4.65. The van der Waals surface area contributed by atoms with E-state index in [-0.39, 0.29) is 6.09 Å². The molecule has 0 radical (unpaired) electrons. The number of imidazole rings is 1. The van der Waals surface area contributed by atoms with Gasteiger partial charge in [0.25, 0.3) is 0 Å². The standard InChI is InChI=1S/C19H24N4O2S/c1-4-25-19(24)22-11-9-21(10-12-22)18-20-17-16(23(18)13(2)3)14-7-5-6-8-15(14)26-17/h5-8,13H,4,9-12H2,1-3H3. The molecule has 0 N–H and O–H groups in total. The molecule has 0 bridgehead atoms. The molecule has 0 aliphatic carbocycles. The Hall–Kier alpha value is -2.28. The van der Waals surface area contributed by atoms with Gasteiger partial charge in [0.1, 0.15) is 4.83 Å². The summed E-state index contributed by atoms with van der Waals surface area (Å²) in [7, 11) is 0. The lowest BCUT2D eigenvalue weighted by Gasteiger charge is -2.35. The van der Waals surface area contributed by atoms with Gasteiger partial charge in [0.05, 0.1) is 12.1 Å². The van der Waals surface area contributed by atoms with Crippen LogP contribution in [0.4, 0.5) is 10.7 Å². The van der Waals surface area contributed by atoms with E-state index in [1.807, 2.05) is 6.92 Å². The van der Waals surface area contributed by atoms with Crippen LogP contribution in [0.15, 0.2) is 24.3 Å². The van der Waals surface area contributed by atoms with E-state index in [9.17, 15) is 4.79 Å². The molecule has 0 unspecified atom stereocenters. The summed E-state index contributed by atoms with van der Waals surface area (Å²) in [4.78, 5) is 22.1. The summed E-state index contributed by atoms with van der Waals surface area (Å²) in [6, 6.07) is 8.81. The first-order valence-corrected chi connectivity index (χ1v) is 9.98. The Labute approximate surface area is 157 Å². The Balaban J connectivity index is 1.67. The molecule has 3 heterocycles. The summed E-state index contributed by atoms with van der Waals surface area (Å²) >= 11 is 1.75. The number of anilines is 1. The molecule has 1 amide bonds. The van der Waals surface area contributed by atoms with Gasteiger partial charge in [-0.3, -0.25) is 0 Å². The molecule has 4 rings (SSSR count). The van der Waals surface area contributed by atoms with Crippen molar-refractivity contribution in [3.63, 3.8) is 0 Å². The van der Waals surface area contributed by atoms with Gasteiger partial charge in [0, 0.05) is 42.3 Å². The van der Waals surface area contributed by atoms with E-state index in [0.29, 0.717) is 25.7 Å². The van der Waals surface area contributed by atoms with Crippen molar-refractivity contribution in [2.45, 2.75) is 26.8 Å². The van der Waals surface area contributed by atoms with Crippen molar-refractivity contribution >= 4 is 43.8 Å². The van der Waals surface area contributed by atoms with Crippen LogP contribution in [0, 0.1) is 0 Å². The Morgan fingerprint density at radius 1 is 1.23 bits per heavy atom. The summed E-state index contributed by atoms with van der Waals surface area (Å²) in [6.45, 7) is 9.53. The second kappa shape index (κ2) is 6.79. The number of ether oxygens (including phenoxy) is 1. The number of carbonyl (C=O) groups excluding carboxylic acids is 1. The molecule has 138 valence electrons. The number of fused-ring (bicyclic) bond motifs is 3.